The van der Waals surface area contributed by atoms with E-state index in [1.165, 1.54) is 29.4 Å². The summed E-state index contributed by atoms with van der Waals surface area (Å²) in [5.41, 5.74) is 8.76. The highest BCUT2D eigenvalue weighted by atomic mass is 32.1. The van der Waals surface area contributed by atoms with Crippen molar-refractivity contribution in [3.05, 3.63) is 102 Å². The molecule has 5 amide bonds. The molecule has 0 radical (unpaired) electrons. The van der Waals surface area contributed by atoms with Crippen molar-refractivity contribution in [2.24, 2.45) is 7.05 Å². The highest BCUT2D eigenvalue weighted by Gasteiger charge is 2.47. The first-order valence-electron chi connectivity index (χ1n) is 22.0. The number of ether oxygens (including phenoxy) is 5. The van der Waals surface area contributed by atoms with Gasteiger partial charge < -0.3 is 54.8 Å². The third-order valence-electron chi connectivity index (χ3n) is 11.6. The molecule has 3 aromatic carbocycles. The van der Waals surface area contributed by atoms with Gasteiger partial charge in [0.2, 0.25) is 5.91 Å². The van der Waals surface area contributed by atoms with E-state index >= 15 is 0 Å². The Morgan fingerprint density at radius 1 is 0.909 bits per heavy atom. The minimum Gasteiger partial charge on any atom is -0.493 e. The number of nitrogens with zero attached hydrogens (tertiary/aromatic N) is 3. The zero-order chi connectivity index (χ0) is 46.3. The van der Waals surface area contributed by atoms with Crippen LogP contribution in [-0.4, -0.2) is 91.2 Å². The maximum Gasteiger partial charge on any atom is 0.416 e. The maximum atomic E-state index is 14.3. The van der Waals surface area contributed by atoms with Crippen LogP contribution in [0.25, 0.3) is 10.1 Å². The fraction of sp³-hybridized carbons (Fsp3) is 0.354. The lowest BCUT2D eigenvalue weighted by atomic mass is 10.00. The van der Waals surface area contributed by atoms with Crippen LogP contribution in [0.5, 0.6) is 11.5 Å². The van der Waals surface area contributed by atoms with Crippen molar-refractivity contribution >= 4 is 79.6 Å². The summed E-state index contributed by atoms with van der Waals surface area (Å²) in [4.78, 5) is 71.4. The fourth-order valence-electron chi connectivity index (χ4n) is 8.37. The summed E-state index contributed by atoms with van der Waals surface area (Å²) in [5, 5.41) is 9.43. The molecule has 66 heavy (non-hydrogen) atoms. The van der Waals surface area contributed by atoms with Crippen LogP contribution in [0, 0.1) is 0 Å². The van der Waals surface area contributed by atoms with E-state index in [9.17, 15) is 24.0 Å². The van der Waals surface area contributed by atoms with Gasteiger partial charge in [-0.05, 0) is 111 Å². The van der Waals surface area contributed by atoms with Crippen LogP contribution in [0.3, 0.4) is 0 Å². The smallest absolute Gasteiger partial charge is 0.416 e. The first-order chi connectivity index (χ1) is 32.0. The van der Waals surface area contributed by atoms with E-state index in [0.29, 0.717) is 65.7 Å². The molecule has 5 aromatic rings. The molecule has 346 valence electrons. The number of hydrogen-bond donors (Lipinski definition) is 4. The minimum absolute atomic E-state index is 0.0524. The van der Waals surface area contributed by atoms with E-state index < -0.39 is 24.7 Å². The van der Waals surface area contributed by atoms with Crippen molar-refractivity contribution in [3.63, 3.8) is 0 Å². The molecule has 5 heterocycles. The first kappa shape index (κ1) is 45.7. The predicted molar refractivity (Wildman–Crippen MR) is 252 cm³/mol. The van der Waals surface area contributed by atoms with Crippen molar-refractivity contribution in [3.8, 4) is 11.5 Å². The highest BCUT2D eigenvalue weighted by molar-refractivity contribution is 7.20. The molecule has 8 rings (SSSR count). The van der Waals surface area contributed by atoms with Crippen LogP contribution in [-0.2, 0) is 26.1 Å². The van der Waals surface area contributed by atoms with Gasteiger partial charge in [-0.25, -0.2) is 9.69 Å². The van der Waals surface area contributed by atoms with Crippen molar-refractivity contribution < 1.29 is 47.7 Å². The van der Waals surface area contributed by atoms with Gasteiger partial charge in [0.05, 0.1) is 41.6 Å². The number of anilines is 5. The van der Waals surface area contributed by atoms with Gasteiger partial charge in [0, 0.05) is 60.6 Å². The lowest BCUT2D eigenvalue weighted by molar-refractivity contribution is -0.198. The highest BCUT2D eigenvalue weighted by Crippen LogP contribution is 2.42. The average molecular weight is 920 g/mol. The molecule has 17 nitrogen and oxygen atoms in total. The molecule has 0 bridgehead atoms. The Kier molecular flexibility index (Phi) is 14.2. The van der Waals surface area contributed by atoms with Gasteiger partial charge in [-0.1, -0.05) is 12.7 Å². The number of rotatable bonds is 15. The quantitative estimate of drug-likeness (QED) is 0.0448. The lowest BCUT2D eigenvalue weighted by Gasteiger charge is -2.42. The number of nitrogens with one attached hydrogen (secondary N) is 3. The number of carbonyl (C=O) groups excluding carboxylic acids is 5. The Bertz CT molecular complexity index is 2620. The minimum atomic E-state index is -0.905. The van der Waals surface area contributed by atoms with Gasteiger partial charge in [0.25, 0.3) is 17.7 Å². The molecule has 3 atom stereocenters. The second-order valence-corrected chi connectivity index (χ2v) is 17.3. The van der Waals surface area contributed by atoms with E-state index in [2.05, 4.69) is 22.5 Å². The van der Waals surface area contributed by atoms with Crippen LogP contribution < -0.4 is 36.1 Å². The molecule has 2 fully saturated rings. The number of methoxy groups -OCH3 is 1. The maximum absolute atomic E-state index is 14.3. The van der Waals surface area contributed by atoms with Crippen LogP contribution >= 0.6 is 11.3 Å². The van der Waals surface area contributed by atoms with Crippen LogP contribution in [0.2, 0.25) is 0 Å². The molecule has 0 spiro atoms. The number of hydrogen-bond acceptors (Lipinski definition) is 12. The summed E-state index contributed by atoms with van der Waals surface area (Å²) in [5.74, 6) is -0.658. The molecule has 2 saturated heterocycles. The largest absolute Gasteiger partial charge is 0.493 e. The zero-order valence-corrected chi connectivity index (χ0v) is 37.7. The molecule has 0 saturated carbocycles. The second-order valence-electron chi connectivity index (χ2n) is 16.3. The average Bonchev–Trinajstić information content (AvgIpc) is 3.90. The molecule has 3 aliphatic heterocycles. The normalized spacial score (nSPS) is 18.1. The summed E-state index contributed by atoms with van der Waals surface area (Å²) in [7, 11) is 3.17. The van der Waals surface area contributed by atoms with E-state index in [-0.39, 0.29) is 66.0 Å². The van der Waals surface area contributed by atoms with Gasteiger partial charge in [-0.3, -0.25) is 19.2 Å². The first-order valence-corrected chi connectivity index (χ1v) is 22.8. The molecule has 0 aliphatic carbocycles. The predicted octanol–water partition coefficient (Wildman–Crippen LogP) is 8.14. The molecule has 18 heteroatoms. The number of carbonyl (C=O) groups is 5. The standard InChI is InChI=1S/C48H53N7O10S/c1-4-20-64-48(60)55-36-27-39(38(61-3)26-34(36)46(59)54-19-7-5-10-35(54)47(55)65-43-12-6-8-21-63-43)62-22-9-11-42(56)50-33-25-37(53(2)28-33)44(57)52-32-17-18-40-29(23-32)24-41(66-40)45(58)51-31-15-13-30(49)14-16-31/h4,13-18,23-28,35,43,47H,1,5-12,19-22,49H2,2-3H3,(H,50,56)(H,51,58)(H,52,57)/t35-,43?,47?/m0/s1. The Balaban J connectivity index is 0.902. The lowest BCUT2D eigenvalue weighted by Crippen LogP contribution is -2.57. The van der Waals surface area contributed by atoms with Crippen LogP contribution in [0.15, 0.2) is 85.6 Å². The third-order valence-corrected chi connectivity index (χ3v) is 12.7. The van der Waals surface area contributed by atoms with Gasteiger partial charge >= 0.3 is 6.09 Å². The van der Waals surface area contributed by atoms with E-state index in [0.717, 1.165) is 35.8 Å². The number of benzene rings is 3. The monoisotopic (exact) mass is 919 g/mol. The van der Waals surface area contributed by atoms with E-state index in [1.54, 1.807) is 83.4 Å². The number of thiophene rings is 1. The summed E-state index contributed by atoms with van der Waals surface area (Å²) in [6.45, 7) is 4.76. The molecular weight excluding hydrogens is 867 g/mol. The Morgan fingerprint density at radius 3 is 2.47 bits per heavy atom. The summed E-state index contributed by atoms with van der Waals surface area (Å²) in [6, 6.07) is 18.4. The Hall–Kier alpha value is -6.89. The second kappa shape index (κ2) is 20.5. The van der Waals surface area contributed by atoms with E-state index in [4.69, 9.17) is 29.4 Å². The van der Waals surface area contributed by atoms with Crippen molar-refractivity contribution in [2.45, 2.75) is 69.9 Å². The third kappa shape index (κ3) is 10.3. The van der Waals surface area contributed by atoms with Crippen LogP contribution in [0.1, 0.15) is 81.9 Å². The number of fused-ring (bicyclic) bond motifs is 3. The molecule has 3 aliphatic rings. The van der Waals surface area contributed by atoms with Gasteiger partial charge in [-0.15, -0.1) is 11.3 Å². The number of nitrogen functional groups attached to an aromatic ring is 1. The Morgan fingerprint density at radius 2 is 1.70 bits per heavy atom. The Labute approximate surface area is 385 Å². The molecule has 5 N–H and O–H groups in total. The summed E-state index contributed by atoms with van der Waals surface area (Å²) >= 11 is 1.34. The number of nitrogens with two attached hydrogens (primary N) is 1. The van der Waals surface area contributed by atoms with Gasteiger partial charge in [0.1, 0.15) is 12.3 Å². The summed E-state index contributed by atoms with van der Waals surface area (Å²) in [6.07, 6.45) is 6.07. The molecule has 2 unspecified atom stereocenters. The molecule has 2 aromatic heterocycles. The van der Waals surface area contributed by atoms with Crippen molar-refractivity contribution in [2.75, 3.05) is 60.1 Å². The number of aromatic nitrogens is 1. The number of piperidine rings is 1. The number of aryl methyl sites for hydroxylation is 1. The van der Waals surface area contributed by atoms with Crippen molar-refractivity contribution in [1.82, 2.24) is 9.47 Å². The van der Waals surface area contributed by atoms with Crippen molar-refractivity contribution in [1.29, 1.82) is 0 Å². The van der Waals surface area contributed by atoms with Gasteiger partial charge in [-0.2, -0.15) is 0 Å². The number of amides is 5. The van der Waals surface area contributed by atoms with Crippen LogP contribution in [0.4, 0.5) is 33.2 Å². The fourth-order valence-corrected chi connectivity index (χ4v) is 9.31. The van der Waals surface area contributed by atoms with Gasteiger partial charge in [0.15, 0.2) is 24.0 Å². The SMILES string of the molecule is C=CCOC(=O)N1c2cc(OCCCC(=O)Nc3cc(C(=O)Nc4ccc5sc(C(=O)Nc6ccc(N)cc6)cc5c4)n(C)c3)c(OC)cc2C(=O)N2CCCC[C@H]2C1OC1CCCCO1. The summed E-state index contributed by atoms with van der Waals surface area (Å²) < 4.78 is 32.5. The van der Waals surface area contributed by atoms with E-state index in [1.807, 2.05) is 6.07 Å². The molecular formula is C48H53N7O10S. The zero-order valence-electron chi connectivity index (χ0n) is 36.8. The topological polar surface area (TPSA) is 205 Å².